The Balaban J connectivity index is 1.79. The van der Waals surface area contributed by atoms with Gasteiger partial charge in [-0.2, -0.15) is 0 Å². The van der Waals surface area contributed by atoms with Crippen molar-refractivity contribution in [1.82, 2.24) is 0 Å². The van der Waals surface area contributed by atoms with Crippen LogP contribution in [-0.2, 0) is 17.6 Å². The Morgan fingerprint density at radius 2 is 1.87 bits per heavy atom. The van der Waals surface area contributed by atoms with Crippen LogP contribution < -0.4 is 16.8 Å². The molecule has 23 heavy (non-hydrogen) atoms. The molecule has 2 rings (SSSR count). The van der Waals surface area contributed by atoms with Gasteiger partial charge in [-0.05, 0) is 48.2 Å². The minimum Gasteiger partial charge on any atom is -0.385 e. The van der Waals surface area contributed by atoms with E-state index < -0.39 is 0 Å². The van der Waals surface area contributed by atoms with Gasteiger partial charge in [0.15, 0.2) is 0 Å². The van der Waals surface area contributed by atoms with Crippen LogP contribution in [0.3, 0.4) is 0 Å². The average Bonchev–Trinajstić information content (AvgIpc) is 2.48. The zero-order chi connectivity index (χ0) is 16.7. The van der Waals surface area contributed by atoms with Crippen LogP contribution in [0.2, 0.25) is 0 Å². The van der Waals surface area contributed by atoms with Gasteiger partial charge in [0.05, 0.1) is 0 Å². The monoisotopic (exact) mass is 315 g/mol. The van der Waals surface area contributed by atoms with Crippen LogP contribution in [0.5, 0.6) is 0 Å². The molecule has 0 heterocycles. The van der Waals surface area contributed by atoms with E-state index in [2.05, 4.69) is 5.32 Å². The topological polar surface area (TPSA) is 81.1 Å². The third-order valence-corrected chi connectivity index (χ3v) is 3.55. The van der Waals surface area contributed by atoms with Gasteiger partial charge in [0.1, 0.15) is 5.82 Å². The maximum Gasteiger partial charge on any atom is 0.218 e. The summed E-state index contributed by atoms with van der Waals surface area (Å²) in [6.07, 6.45) is 1.56. The zero-order valence-electron chi connectivity index (χ0n) is 13.0. The van der Waals surface area contributed by atoms with Crippen LogP contribution in [0, 0.1) is 5.82 Å². The highest BCUT2D eigenvalue weighted by Gasteiger charge is 2.07. The fraction of sp³-hybridized carbons (Fsp3) is 0.278. The van der Waals surface area contributed by atoms with Gasteiger partial charge >= 0.3 is 0 Å². The Bertz CT molecular complexity index is 643. The number of nitrogens with two attached hydrogens (primary N) is 2. The summed E-state index contributed by atoms with van der Waals surface area (Å²) in [7, 11) is 0. The van der Waals surface area contributed by atoms with Gasteiger partial charge in [-0.25, -0.2) is 4.39 Å². The van der Waals surface area contributed by atoms with E-state index in [1.54, 1.807) is 12.1 Å². The van der Waals surface area contributed by atoms with Crippen LogP contribution >= 0.6 is 0 Å². The van der Waals surface area contributed by atoms with E-state index in [-0.39, 0.29) is 24.2 Å². The fourth-order valence-corrected chi connectivity index (χ4v) is 2.44. The van der Waals surface area contributed by atoms with Gasteiger partial charge in [0.2, 0.25) is 5.91 Å². The molecule has 0 fully saturated rings. The maximum atomic E-state index is 13.1. The maximum absolute atomic E-state index is 13.1. The Labute approximate surface area is 135 Å². The molecule has 0 aromatic heterocycles. The summed E-state index contributed by atoms with van der Waals surface area (Å²) < 4.78 is 13.1. The first-order chi connectivity index (χ1) is 11.0. The highest BCUT2D eigenvalue weighted by atomic mass is 19.1. The number of rotatable bonds is 8. The first-order valence-electron chi connectivity index (χ1n) is 7.64. The Hall–Kier alpha value is -2.40. The summed E-state index contributed by atoms with van der Waals surface area (Å²) in [4.78, 5) is 10.8. The second kappa shape index (κ2) is 8.29. The predicted molar refractivity (Wildman–Crippen MR) is 90.5 cm³/mol. The molecule has 0 saturated heterocycles. The van der Waals surface area contributed by atoms with Gasteiger partial charge in [-0.15, -0.1) is 0 Å². The fourth-order valence-electron chi connectivity index (χ4n) is 2.44. The number of primary amides is 1. The number of carbonyl (C=O) groups is 1. The molecule has 122 valence electrons. The minimum absolute atomic E-state index is 0.188. The number of carbonyl (C=O) groups excluding carboxylic acids is 1. The lowest BCUT2D eigenvalue weighted by atomic mass is 10.0. The minimum atomic E-state index is -0.381. The van der Waals surface area contributed by atoms with Crippen molar-refractivity contribution in [3.63, 3.8) is 0 Å². The quantitative estimate of drug-likeness (QED) is 0.698. The summed E-state index contributed by atoms with van der Waals surface area (Å²) in [5.41, 5.74) is 14.0. The summed E-state index contributed by atoms with van der Waals surface area (Å²) in [5.74, 6) is -0.590. The molecule has 0 saturated carbocycles. The standard InChI is InChI=1S/C18H22FN3O/c19-15-3-1-2-13(10-15)8-9-22-17-6-4-14(5-7-17)11-16(20)12-18(21)23/h1-7,10,16,22H,8-9,11-12,20H2,(H2,21,23). The third kappa shape index (κ3) is 6.08. The van der Waals surface area contributed by atoms with E-state index in [9.17, 15) is 9.18 Å². The molecule has 1 amide bonds. The molecule has 0 aliphatic rings. The summed E-state index contributed by atoms with van der Waals surface area (Å²) in [5, 5.41) is 3.30. The highest BCUT2D eigenvalue weighted by molar-refractivity contribution is 5.74. The Kier molecular flexibility index (Phi) is 6.11. The molecule has 1 unspecified atom stereocenters. The largest absolute Gasteiger partial charge is 0.385 e. The van der Waals surface area contributed by atoms with Crippen molar-refractivity contribution >= 4 is 11.6 Å². The van der Waals surface area contributed by atoms with E-state index in [1.807, 2.05) is 30.3 Å². The molecule has 0 spiro atoms. The summed E-state index contributed by atoms with van der Waals surface area (Å²) in [6, 6.07) is 14.3. The SMILES string of the molecule is NC(=O)CC(N)Cc1ccc(NCCc2cccc(F)c2)cc1. The number of halogens is 1. The number of anilines is 1. The van der Waals surface area contributed by atoms with Crippen LogP contribution in [0.1, 0.15) is 17.5 Å². The van der Waals surface area contributed by atoms with Crippen molar-refractivity contribution in [1.29, 1.82) is 0 Å². The van der Waals surface area contributed by atoms with Gasteiger partial charge < -0.3 is 16.8 Å². The number of nitrogens with one attached hydrogen (secondary N) is 1. The highest BCUT2D eigenvalue weighted by Crippen LogP contribution is 2.12. The van der Waals surface area contributed by atoms with Crippen molar-refractivity contribution in [2.24, 2.45) is 11.5 Å². The van der Waals surface area contributed by atoms with Crippen LogP contribution in [0.4, 0.5) is 10.1 Å². The van der Waals surface area contributed by atoms with Crippen LogP contribution in [-0.4, -0.2) is 18.5 Å². The van der Waals surface area contributed by atoms with Crippen LogP contribution in [0.15, 0.2) is 48.5 Å². The number of hydrogen-bond donors (Lipinski definition) is 3. The van der Waals surface area contributed by atoms with Gasteiger partial charge in [-0.1, -0.05) is 24.3 Å². The van der Waals surface area contributed by atoms with E-state index in [1.165, 1.54) is 6.07 Å². The molecule has 0 bridgehead atoms. The van der Waals surface area contributed by atoms with Crippen molar-refractivity contribution in [3.8, 4) is 0 Å². The van der Waals surface area contributed by atoms with Crippen molar-refractivity contribution in [3.05, 3.63) is 65.5 Å². The molecule has 0 radical (unpaired) electrons. The Morgan fingerprint density at radius 3 is 2.52 bits per heavy atom. The lowest BCUT2D eigenvalue weighted by molar-refractivity contribution is -0.118. The van der Waals surface area contributed by atoms with E-state index in [4.69, 9.17) is 11.5 Å². The normalized spacial score (nSPS) is 11.9. The average molecular weight is 315 g/mol. The lowest BCUT2D eigenvalue weighted by Crippen LogP contribution is -2.29. The second-order valence-electron chi connectivity index (χ2n) is 5.64. The van der Waals surface area contributed by atoms with E-state index in [0.717, 1.165) is 29.8 Å². The molecule has 2 aromatic rings. The summed E-state index contributed by atoms with van der Waals surface area (Å²) >= 11 is 0. The molecule has 5 heteroatoms. The number of benzene rings is 2. The first kappa shape index (κ1) is 17.0. The Morgan fingerprint density at radius 1 is 1.13 bits per heavy atom. The zero-order valence-corrected chi connectivity index (χ0v) is 13.0. The summed E-state index contributed by atoms with van der Waals surface area (Å²) in [6.45, 7) is 0.726. The van der Waals surface area contributed by atoms with E-state index >= 15 is 0 Å². The number of hydrogen-bond acceptors (Lipinski definition) is 3. The predicted octanol–water partition coefficient (Wildman–Crippen LogP) is 2.23. The molecule has 1 atom stereocenters. The molecular formula is C18H22FN3O. The van der Waals surface area contributed by atoms with Gasteiger partial charge in [-0.3, -0.25) is 4.79 Å². The van der Waals surface area contributed by atoms with Crippen LogP contribution in [0.25, 0.3) is 0 Å². The molecule has 5 N–H and O–H groups in total. The van der Waals surface area contributed by atoms with Gasteiger partial charge in [0, 0.05) is 24.7 Å². The molecule has 2 aromatic carbocycles. The van der Waals surface area contributed by atoms with Crippen molar-refractivity contribution < 1.29 is 9.18 Å². The number of amides is 1. The van der Waals surface area contributed by atoms with Crippen molar-refractivity contribution in [2.75, 3.05) is 11.9 Å². The molecule has 0 aliphatic carbocycles. The lowest BCUT2D eigenvalue weighted by Gasteiger charge is -2.11. The molecule has 4 nitrogen and oxygen atoms in total. The second-order valence-corrected chi connectivity index (χ2v) is 5.64. The van der Waals surface area contributed by atoms with Gasteiger partial charge in [0.25, 0.3) is 0 Å². The van der Waals surface area contributed by atoms with E-state index in [0.29, 0.717) is 6.42 Å². The third-order valence-electron chi connectivity index (χ3n) is 3.55. The van der Waals surface area contributed by atoms with Crippen molar-refractivity contribution in [2.45, 2.75) is 25.3 Å². The molecule has 0 aliphatic heterocycles. The molecular weight excluding hydrogens is 293 g/mol. The first-order valence-corrected chi connectivity index (χ1v) is 7.64. The smallest absolute Gasteiger partial charge is 0.218 e.